The van der Waals surface area contributed by atoms with Crippen LogP contribution in [0.5, 0.6) is 0 Å². The molecule has 1 heterocycles. The van der Waals surface area contributed by atoms with E-state index >= 15 is 0 Å². The van der Waals surface area contributed by atoms with Crippen molar-refractivity contribution in [2.45, 2.75) is 13.8 Å². The van der Waals surface area contributed by atoms with E-state index in [2.05, 4.69) is 11.6 Å². The minimum Gasteiger partial charge on any atom is -0.478 e. The van der Waals surface area contributed by atoms with Crippen LogP contribution < -0.4 is 5.49 Å². The molecule has 0 saturated heterocycles. The van der Waals surface area contributed by atoms with Gasteiger partial charge in [-0.05, 0) is 25.5 Å². The average Bonchev–Trinajstić information content (AvgIpc) is 2.08. The molecule has 80 valence electrons. The third kappa shape index (κ3) is 2.56. The van der Waals surface area contributed by atoms with E-state index in [1.165, 1.54) is 0 Å². The van der Waals surface area contributed by atoms with Crippen LogP contribution in [0.2, 0.25) is 0 Å². The van der Waals surface area contributed by atoms with Crippen LogP contribution in [0.25, 0.3) is 0 Å². The van der Waals surface area contributed by atoms with Crippen molar-refractivity contribution in [2.24, 2.45) is 12.0 Å². The maximum atomic E-state index is 11.0. The summed E-state index contributed by atoms with van der Waals surface area (Å²) in [6.07, 6.45) is 1.83. The van der Waals surface area contributed by atoms with Crippen molar-refractivity contribution in [1.29, 1.82) is 0 Å². The Kier molecular flexibility index (Phi) is 3.09. The summed E-state index contributed by atoms with van der Waals surface area (Å²) in [5, 5.41) is 9.02. The summed E-state index contributed by atoms with van der Waals surface area (Å²) in [6.45, 7) is 7.21. The number of pyridine rings is 1. The van der Waals surface area contributed by atoms with Crippen LogP contribution in [-0.4, -0.2) is 15.6 Å². The van der Waals surface area contributed by atoms with Crippen LogP contribution in [0.15, 0.2) is 29.5 Å². The van der Waals surface area contributed by atoms with Gasteiger partial charge in [-0.3, -0.25) is 0 Å². The van der Waals surface area contributed by atoms with E-state index in [9.17, 15) is 4.79 Å². The molecule has 0 atom stereocenters. The molecule has 1 aromatic rings. The molecule has 1 N–H and O–H groups in total. The summed E-state index contributed by atoms with van der Waals surface area (Å²) in [5.41, 5.74) is 2.08. The van der Waals surface area contributed by atoms with Gasteiger partial charge >= 0.3 is 5.97 Å². The fourth-order valence-electron chi connectivity index (χ4n) is 1.36. The van der Waals surface area contributed by atoms with Gasteiger partial charge in [-0.2, -0.15) is 0 Å². The van der Waals surface area contributed by atoms with Crippen LogP contribution in [0.3, 0.4) is 0 Å². The van der Waals surface area contributed by atoms with E-state index in [0.29, 0.717) is 11.2 Å². The van der Waals surface area contributed by atoms with Gasteiger partial charge in [-0.1, -0.05) is 6.58 Å². The lowest BCUT2D eigenvalue weighted by Gasteiger charge is -2.05. The lowest BCUT2D eigenvalue weighted by atomic mass is 10.2. The quantitative estimate of drug-likeness (QED) is 0.796. The molecule has 0 saturated carbocycles. The zero-order valence-electron chi connectivity index (χ0n) is 9.11. The second-order valence-electron chi connectivity index (χ2n) is 3.52. The Bertz CT molecular complexity index is 484. The summed E-state index contributed by atoms with van der Waals surface area (Å²) in [7, 11) is 1.77. The van der Waals surface area contributed by atoms with Crippen LogP contribution in [0, 0.1) is 6.92 Å². The number of aromatic nitrogens is 1. The zero-order chi connectivity index (χ0) is 11.6. The molecule has 0 aliphatic heterocycles. The molecule has 0 aromatic carbocycles. The molecule has 0 bridgehead atoms. The highest BCUT2D eigenvalue weighted by molar-refractivity contribution is 5.87. The lowest BCUT2D eigenvalue weighted by Crippen LogP contribution is -2.25. The third-order valence-electron chi connectivity index (χ3n) is 1.87. The van der Waals surface area contributed by atoms with Crippen LogP contribution in [0.1, 0.15) is 22.8 Å². The van der Waals surface area contributed by atoms with E-state index in [0.717, 1.165) is 5.56 Å². The number of hydrogen-bond acceptors (Lipinski definition) is 2. The number of rotatable bonds is 2. The van der Waals surface area contributed by atoms with E-state index in [1.807, 2.05) is 13.1 Å². The van der Waals surface area contributed by atoms with E-state index in [1.54, 1.807) is 24.6 Å². The summed E-state index contributed by atoms with van der Waals surface area (Å²) < 4.78 is 1.69. The minimum absolute atomic E-state index is 0.195. The molecular weight excluding hydrogens is 192 g/mol. The fourth-order valence-corrected chi connectivity index (χ4v) is 1.36. The molecule has 0 unspecified atom stereocenters. The van der Waals surface area contributed by atoms with Crippen molar-refractivity contribution in [1.82, 2.24) is 4.57 Å². The molecule has 4 nitrogen and oxygen atoms in total. The lowest BCUT2D eigenvalue weighted by molar-refractivity contribution is 0.0693. The van der Waals surface area contributed by atoms with Gasteiger partial charge in [0.1, 0.15) is 11.1 Å². The molecule has 0 aliphatic carbocycles. The summed E-state index contributed by atoms with van der Waals surface area (Å²) in [6, 6.07) is 1.60. The molecule has 0 radical (unpaired) electrons. The first kappa shape index (κ1) is 11.2. The summed E-state index contributed by atoms with van der Waals surface area (Å²) in [5.74, 6) is -0.977. The standard InChI is InChI=1S/C11H14N2O2/c1-7(2)12-10-9(11(14)15)5-8(3)6-13(10)4/h5-6H,1H2,2-4H3,(H,14,15). The van der Waals surface area contributed by atoms with Crippen molar-refractivity contribution in [3.63, 3.8) is 0 Å². The van der Waals surface area contributed by atoms with Crippen molar-refractivity contribution in [3.05, 3.63) is 41.2 Å². The highest BCUT2D eigenvalue weighted by atomic mass is 16.4. The second-order valence-corrected chi connectivity index (χ2v) is 3.52. The number of allylic oxidation sites excluding steroid dienone is 1. The average molecular weight is 206 g/mol. The highest BCUT2D eigenvalue weighted by Gasteiger charge is 2.08. The number of aryl methyl sites for hydroxylation is 2. The van der Waals surface area contributed by atoms with Crippen molar-refractivity contribution in [2.75, 3.05) is 0 Å². The van der Waals surface area contributed by atoms with Gasteiger partial charge < -0.3 is 9.67 Å². The van der Waals surface area contributed by atoms with E-state index < -0.39 is 5.97 Å². The van der Waals surface area contributed by atoms with Gasteiger partial charge in [0.25, 0.3) is 0 Å². The predicted molar refractivity (Wildman–Crippen MR) is 57.5 cm³/mol. The van der Waals surface area contributed by atoms with E-state index in [4.69, 9.17) is 5.11 Å². The third-order valence-corrected chi connectivity index (χ3v) is 1.87. The Hall–Kier alpha value is -1.84. The number of hydrogen-bond donors (Lipinski definition) is 1. The number of carboxylic acids is 1. The summed E-state index contributed by atoms with van der Waals surface area (Å²) in [4.78, 5) is 15.1. The van der Waals surface area contributed by atoms with Crippen molar-refractivity contribution in [3.8, 4) is 0 Å². The molecule has 15 heavy (non-hydrogen) atoms. The van der Waals surface area contributed by atoms with Crippen LogP contribution in [-0.2, 0) is 7.05 Å². The normalized spacial score (nSPS) is 11.5. The van der Waals surface area contributed by atoms with Gasteiger partial charge in [0.05, 0.1) is 0 Å². The SMILES string of the molecule is C=C(C)N=c1c(C(=O)O)cc(C)cn1C. The maximum Gasteiger partial charge on any atom is 0.339 e. The fraction of sp³-hybridized carbons (Fsp3) is 0.273. The largest absolute Gasteiger partial charge is 0.478 e. The molecule has 1 rings (SSSR count). The first-order valence-corrected chi connectivity index (χ1v) is 4.52. The van der Waals surface area contributed by atoms with Gasteiger partial charge in [0.15, 0.2) is 0 Å². The number of aromatic carboxylic acids is 1. The molecular formula is C11H14N2O2. The Morgan fingerprint density at radius 1 is 1.60 bits per heavy atom. The van der Waals surface area contributed by atoms with Crippen molar-refractivity contribution < 1.29 is 9.90 Å². The second kappa shape index (κ2) is 4.13. The monoisotopic (exact) mass is 206 g/mol. The van der Waals surface area contributed by atoms with Gasteiger partial charge in [-0.25, -0.2) is 9.79 Å². The Morgan fingerprint density at radius 2 is 2.20 bits per heavy atom. The smallest absolute Gasteiger partial charge is 0.339 e. The number of carboxylic acid groups (broad SMARTS) is 1. The Balaban J connectivity index is 3.62. The molecule has 0 aliphatic rings. The Morgan fingerprint density at radius 3 is 2.67 bits per heavy atom. The molecule has 0 amide bonds. The predicted octanol–water partition coefficient (Wildman–Crippen LogP) is 1.47. The van der Waals surface area contributed by atoms with Crippen molar-refractivity contribution >= 4 is 5.97 Å². The number of nitrogens with zero attached hydrogens (tertiary/aromatic N) is 2. The highest BCUT2D eigenvalue weighted by Crippen LogP contribution is 1.99. The zero-order valence-corrected chi connectivity index (χ0v) is 9.11. The van der Waals surface area contributed by atoms with Gasteiger partial charge in [0, 0.05) is 18.9 Å². The van der Waals surface area contributed by atoms with Gasteiger partial charge in [-0.15, -0.1) is 0 Å². The topological polar surface area (TPSA) is 54.6 Å². The summed E-state index contributed by atoms with van der Waals surface area (Å²) >= 11 is 0. The van der Waals surface area contributed by atoms with Crippen LogP contribution >= 0.6 is 0 Å². The molecule has 4 heteroatoms. The van der Waals surface area contributed by atoms with Gasteiger partial charge in [0.2, 0.25) is 0 Å². The number of carbonyl (C=O) groups is 1. The first-order valence-electron chi connectivity index (χ1n) is 4.52. The minimum atomic E-state index is -0.977. The Labute approximate surface area is 88.2 Å². The molecule has 0 fully saturated rings. The molecule has 0 spiro atoms. The van der Waals surface area contributed by atoms with Crippen LogP contribution in [0.4, 0.5) is 0 Å². The first-order chi connectivity index (χ1) is 6.91. The maximum absolute atomic E-state index is 11.0. The molecule has 1 aromatic heterocycles. The van der Waals surface area contributed by atoms with E-state index in [-0.39, 0.29) is 5.56 Å².